The fourth-order valence-corrected chi connectivity index (χ4v) is 4.00. The molecule has 2 fully saturated rings. The van der Waals surface area contributed by atoms with Crippen LogP contribution in [0.1, 0.15) is 45.4 Å². The van der Waals surface area contributed by atoms with Gasteiger partial charge >= 0.3 is 0 Å². The molecule has 1 unspecified atom stereocenters. The van der Waals surface area contributed by atoms with Crippen LogP contribution in [0.2, 0.25) is 0 Å². The van der Waals surface area contributed by atoms with Crippen molar-refractivity contribution in [2.75, 3.05) is 11.6 Å². The molecule has 1 nitrogen and oxygen atoms in total. The predicted molar refractivity (Wildman–Crippen MR) is 60.1 cm³/mol. The molecule has 76 valence electrons. The Labute approximate surface area is 86.0 Å². The smallest absolute Gasteiger partial charge is 0.0423 e. The van der Waals surface area contributed by atoms with Crippen LogP contribution < -0.4 is 5.32 Å². The molecule has 0 radical (unpaired) electrons. The lowest BCUT2D eigenvalue weighted by molar-refractivity contribution is 0.254. The second kappa shape index (κ2) is 4.22. The quantitative estimate of drug-likeness (QED) is 0.652. The first-order chi connectivity index (χ1) is 6.31. The third-order valence-electron chi connectivity index (χ3n) is 3.74. The van der Waals surface area contributed by atoms with Crippen LogP contribution in [0.3, 0.4) is 0 Å². The van der Waals surface area contributed by atoms with Gasteiger partial charge in [0, 0.05) is 17.2 Å². The van der Waals surface area contributed by atoms with Crippen LogP contribution in [-0.4, -0.2) is 17.2 Å². The number of nitrogens with one attached hydrogen (secondary N) is 1. The summed E-state index contributed by atoms with van der Waals surface area (Å²) in [4.78, 5) is 0. The summed E-state index contributed by atoms with van der Waals surface area (Å²) in [6.07, 6.45) is 8.80. The summed E-state index contributed by atoms with van der Waals surface area (Å²) in [6.45, 7) is 2.43. The summed E-state index contributed by atoms with van der Waals surface area (Å²) in [5.41, 5.74) is 0.467. The standard InChI is InChI=1S/C11H21NS/c1-11(8-13-9-12-11)10-6-4-2-3-5-7-10/h10,12H,2-9H2,1H3. The van der Waals surface area contributed by atoms with Crippen molar-refractivity contribution < 1.29 is 0 Å². The Morgan fingerprint density at radius 1 is 1.15 bits per heavy atom. The van der Waals surface area contributed by atoms with E-state index in [2.05, 4.69) is 24.0 Å². The SMILES string of the molecule is CC1(C2CCCCCC2)CSCN1. The summed E-state index contributed by atoms with van der Waals surface area (Å²) in [5.74, 6) is 3.45. The number of hydrogen-bond donors (Lipinski definition) is 1. The van der Waals surface area contributed by atoms with Crippen LogP contribution >= 0.6 is 11.8 Å². The van der Waals surface area contributed by atoms with Gasteiger partial charge in [-0.15, -0.1) is 11.8 Å². The van der Waals surface area contributed by atoms with E-state index >= 15 is 0 Å². The first kappa shape index (κ1) is 9.85. The van der Waals surface area contributed by atoms with Gasteiger partial charge in [-0.25, -0.2) is 0 Å². The summed E-state index contributed by atoms with van der Waals surface area (Å²) in [7, 11) is 0. The van der Waals surface area contributed by atoms with Crippen molar-refractivity contribution in [1.29, 1.82) is 0 Å². The van der Waals surface area contributed by atoms with Crippen molar-refractivity contribution in [2.45, 2.75) is 51.0 Å². The lowest BCUT2D eigenvalue weighted by atomic mass is 9.82. The zero-order valence-electron chi connectivity index (χ0n) is 8.64. The van der Waals surface area contributed by atoms with Gasteiger partial charge in [-0.05, 0) is 25.7 Å². The highest BCUT2D eigenvalue weighted by atomic mass is 32.2. The molecule has 0 aromatic rings. The Hall–Kier alpha value is 0.310. The van der Waals surface area contributed by atoms with Gasteiger partial charge in [0.15, 0.2) is 0 Å². The van der Waals surface area contributed by atoms with Crippen LogP contribution in [0.5, 0.6) is 0 Å². The molecule has 1 saturated carbocycles. The second-order valence-electron chi connectivity index (χ2n) is 4.78. The molecule has 1 aliphatic carbocycles. The van der Waals surface area contributed by atoms with E-state index in [1.165, 1.54) is 50.2 Å². The van der Waals surface area contributed by atoms with Crippen LogP contribution in [-0.2, 0) is 0 Å². The maximum absolute atomic E-state index is 3.69. The van der Waals surface area contributed by atoms with Crippen molar-refractivity contribution in [1.82, 2.24) is 5.32 Å². The fraction of sp³-hybridized carbons (Fsp3) is 1.00. The molecule has 2 rings (SSSR count). The van der Waals surface area contributed by atoms with Gasteiger partial charge in [-0.3, -0.25) is 0 Å². The van der Waals surface area contributed by atoms with Crippen LogP contribution in [0.4, 0.5) is 0 Å². The zero-order chi connectivity index (χ0) is 9.15. The molecule has 13 heavy (non-hydrogen) atoms. The van der Waals surface area contributed by atoms with Crippen molar-refractivity contribution in [3.63, 3.8) is 0 Å². The van der Waals surface area contributed by atoms with E-state index in [0.717, 1.165) is 5.92 Å². The van der Waals surface area contributed by atoms with E-state index < -0.39 is 0 Å². The first-order valence-corrected chi connectivity index (χ1v) is 6.79. The second-order valence-corrected chi connectivity index (χ2v) is 5.76. The maximum atomic E-state index is 3.69. The molecule has 0 spiro atoms. The van der Waals surface area contributed by atoms with E-state index in [9.17, 15) is 0 Å². The molecule has 2 heteroatoms. The Balaban J connectivity index is 1.96. The van der Waals surface area contributed by atoms with Crippen molar-refractivity contribution in [3.05, 3.63) is 0 Å². The highest BCUT2D eigenvalue weighted by Gasteiger charge is 2.36. The molecule has 2 aliphatic rings. The predicted octanol–water partition coefficient (Wildman–Crippen LogP) is 3.01. The Morgan fingerprint density at radius 2 is 1.85 bits per heavy atom. The van der Waals surface area contributed by atoms with E-state index in [1.807, 2.05) is 0 Å². The summed E-state index contributed by atoms with van der Waals surface area (Å²) >= 11 is 2.07. The molecule has 0 bridgehead atoms. The van der Waals surface area contributed by atoms with E-state index in [-0.39, 0.29) is 0 Å². The van der Waals surface area contributed by atoms with Gasteiger partial charge in [-0.1, -0.05) is 25.7 Å². The molecule has 0 aromatic heterocycles. The van der Waals surface area contributed by atoms with E-state index in [1.54, 1.807) is 0 Å². The minimum atomic E-state index is 0.467. The monoisotopic (exact) mass is 199 g/mol. The molecule has 0 amide bonds. The Bertz CT molecular complexity index is 155. The zero-order valence-corrected chi connectivity index (χ0v) is 9.46. The summed E-state index contributed by atoms with van der Waals surface area (Å²) in [5, 5.41) is 3.69. The average molecular weight is 199 g/mol. The molecule has 0 aromatic carbocycles. The van der Waals surface area contributed by atoms with Gasteiger partial charge in [0.25, 0.3) is 0 Å². The Morgan fingerprint density at radius 3 is 2.38 bits per heavy atom. The summed E-state index contributed by atoms with van der Waals surface area (Å²) < 4.78 is 0. The van der Waals surface area contributed by atoms with Crippen molar-refractivity contribution in [2.24, 2.45) is 5.92 Å². The van der Waals surface area contributed by atoms with Gasteiger partial charge in [0.2, 0.25) is 0 Å². The topological polar surface area (TPSA) is 12.0 Å². The van der Waals surface area contributed by atoms with E-state index in [0.29, 0.717) is 5.54 Å². The largest absolute Gasteiger partial charge is 0.301 e. The molecule has 1 saturated heterocycles. The lowest BCUT2D eigenvalue weighted by Crippen LogP contribution is -2.46. The van der Waals surface area contributed by atoms with Crippen LogP contribution in [0.25, 0.3) is 0 Å². The molecule has 1 aliphatic heterocycles. The molecular weight excluding hydrogens is 178 g/mol. The third kappa shape index (κ3) is 2.21. The van der Waals surface area contributed by atoms with Crippen molar-refractivity contribution >= 4 is 11.8 Å². The van der Waals surface area contributed by atoms with Crippen LogP contribution in [0, 0.1) is 5.92 Å². The van der Waals surface area contributed by atoms with Crippen LogP contribution in [0.15, 0.2) is 0 Å². The summed E-state index contributed by atoms with van der Waals surface area (Å²) in [6, 6.07) is 0. The highest BCUT2D eigenvalue weighted by molar-refractivity contribution is 7.99. The molecular formula is C11H21NS. The number of rotatable bonds is 1. The normalized spacial score (nSPS) is 37.6. The number of hydrogen-bond acceptors (Lipinski definition) is 2. The van der Waals surface area contributed by atoms with Gasteiger partial charge in [0.05, 0.1) is 0 Å². The average Bonchev–Trinajstić information content (AvgIpc) is 2.44. The molecule has 1 atom stereocenters. The number of thioether (sulfide) groups is 1. The highest BCUT2D eigenvalue weighted by Crippen LogP contribution is 2.36. The molecule has 1 N–H and O–H groups in total. The minimum absolute atomic E-state index is 0.467. The first-order valence-electron chi connectivity index (χ1n) is 5.64. The van der Waals surface area contributed by atoms with Crippen molar-refractivity contribution in [3.8, 4) is 0 Å². The molecule has 1 heterocycles. The third-order valence-corrected chi connectivity index (χ3v) is 4.89. The Kier molecular flexibility index (Phi) is 3.20. The van der Waals surface area contributed by atoms with E-state index in [4.69, 9.17) is 0 Å². The maximum Gasteiger partial charge on any atom is 0.0423 e. The fourth-order valence-electron chi connectivity index (χ4n) is 2.71. The lowest BCUT2D eigenvalue weighted by Gasteiger charge is -2.33. The minimum Gasteiger partial charge on any atom is -0.301 e. The van der Waals surface area contributed by atoms with Gasteiger partial charge in [-0.2, -0.15) is 0 Å². The van der Waals surface area contributed by atoms with Gasteiger partial charge in [0.1, 0.15) is 0 Å². The van der Waals surface area contributed by atoms with Gasteiger partial charge < -0.3 is 5.32 Å².